The van der Waals surface area contributed by atoms with E-state index in [2.05, 4.69) is 42.2 Å². The zero-order valence-electron chi connectivity index (χ0n) is 11.9. The average molecular weight is 271 g/mol. The van der Waals surface area contributed by atoms with Gasteiger partial charge in [-0.1, -0.05) is 50.1 Å². The minimum atomic E-state index is 0.278. The Morgan fingerprint density at radius 2 is 2.00 bits per heavy atom. The molecule has 0 N–H and O–H groups in total. The largest absolute Gasteiger partial charge is 0.438 e. The van der Waals surface area contributed by atoms with Crippen molar-refractivity contribution in [3.63, 3.8) is 0 Å². The molecule has 1 unspecified atom stereocenters. The van der Waals surface area contributed by atoms with Crippen LogP contribution in [0.25, 0.3) is 0 Å². The minimum Gasteiger partial charge on any atom is -0.438 e. The van der Waals surface area contributed by atoms with Crippen LogP contribution in [-0.4, -0.2) is 11.3 Å². The quantitative estimate of drug-likeness (QED) is 0.528. The van der Waals surface area contributed by atoms with Crippen LogP contribution in [0, 0.1) is 0 Å². The molecule has 106 valence electrons. The summed E-state index contributed by atoms with van der Waals surface area (Å²) in [4.78, 5) is 14.7. The molecule has 0 aliphatic heterocycles. The first kappa shape index (κ1) is 14.5. The Kier molecular flexibility index (Phi) is 5.54. The Bertz CT molecular complexity index is 519. The Hall–Kier alpha value is -1.90. The first-order valence-electron chi connectivity index (χ1n) is 7.24. The number of nitrogens with zero attached hydrogens (tertiary/aromatic N) is 1. The van der Waals surface area contributed by atoms with Crippen LogP contribution in [0.15, 0.2) is 40.9 Å². The van der Waals surface area contributed by atoms with Crippen molar-refractivity contribution >= 4 is 6.29 Å². The van der Waals surface area contributed by atoms with Crippen LogP contribution in [-0.2, 0) is 6.42 Å². The second-order valence-corrected chi connectivity index (χ2v) is 5.20. The molecule has 0 aliphatic carbocycles. The molecule has 20 heavy (non-hydrogen) atoms. The van der Waals surface area contributed by atoms with Crippen LogP contribution in [0.4, 0.5) is 0 Å². The number of aldehydes is 1. The molecule has 2 aromatic rings. The molecule has 0 bridgehead atoms. The van der Waals surface area contributed by atoms with Gasteiger partial charge in [-0.15, -0.1) is 0 Å². The van der Waals surface area contributed by atoms with Crippen LogP contribution in [0.1, 0.15) is 60.5 Å². The molecule has 1 aromatic carbocycles. The number of carbonyl (C=O) groups is 1. The van der Waals surface area contributed by atoms with Crippen LogP contribution in [0.3, 0.4) is 0 Å². The second kappa shape index (κ2) is 7.63. The molecule has 0 radical (unpaired) electrons. The Morgan fingerprint density at radius 3 is 2.70 bits per heavy atom. The van der Waals surface area contributed by atoms with Gasteiger partial charge >= 0.3 is 0 Å². The van der Waals surface area contributed by atoms with Gasteiger partial charge in [0.2, 0.25) is 0 Å². The van der Waals surface area contributed by atoms with Crippen molar-refractivity contribution in [1.82, 2.24) is 4.98 Å². The Labute approximate surface area is 120 Å². The van der Waals surface area contributed by atoms with E-state index < -0.39 is 0 Å². The number of hydrogen-bond donors (Lipinski definition) is 0. The topological polar surface area (TPSA) is 43.1 Å². The molecule has 0 saturated heterocycles. The van der Waals surface area contributed by atoms with Crippen molar-refractivity contribution in [3.05, 3.63) is 53.7 Å². The third kappa shape index (κ3) is 4.34. The summed E-state index contributed by atoms with van der Waals surface area (Å²) in [5.74, 6) is 1.27. The van der Waals surface area contributed by atoms with Gasteiger partial charge in [-0.3, -0.25) is 4.79 Å². The standard InChI is InChI=1S/C17H21NO2/c1-14(17-18-12-16(13-19)20-17)8-4-2-5-9-15-10-6-3-7-11-15/h3,6-7,10-14H,2,4-5,8-9H2,1H3. The molecular formula is C17H21NO2. The lowest BCUT2D eigenvalue weighted by molar-refractivity contribution is 0.109. The molecule has 3 heteroatoms. The van der Waals surface area contributed by atoms with E-state index in [9.17, 15) is 4.79 Å². The van der Waals surface area contributed by atoms with Crippen LogP contribution in [0.2, 0.25) is 0 Å². The Morgan fingerprint density at radius 1 is 1.20 bits per heavy atom. The number of oxazole rings is 1. The summed E-state index contributed by atoms with van der Waals surface area (Å²) in [6.45, 7) is 2.09. The number of carbonyl (C=O) groups excluding carboxylic acids is 1. The van der Waals surface area contributed by atoms with Crippen molar-refractivity contribution in [2.45, 2.75) is 44.9 Å². The van der Waals surface area contributed by atoms with E-state index in [4.69, 9.17) is 4.42 Å². The highest BCUT2D eigenvalue weighted by Crippen LogP contribution is 2.21. The maximum Gasteiger partial charge on any atom is 0.197 e. The van der Waals surface area contributed by atoms with Crippen molar-refractivity contribution in [1.29, 1.82) is 0 Å². The highest BCUT2D eigenvalue weighted by molar-refractivity contribution is 5.69. The Balaban J connectivity index is 1.64. The lowest BCUT2D eigenvalue weighted by atomic mass is 10.0. The first-order chi connectivity index (χ1) is 9.79. The summed E-state index contributed by atoms with van der Waals surface area (Å²) in [7, 11) is 0. The van der Waals surface area contributed by atoms with Crippen LogP contribution >= 0.6 is 0 Å². The fourth-order valence-corrected chi connectivity index (χ4v) is 2.31. The van der Waals surface area contributed by atoms with Gasteiger partial charge in [0.05, 0.1) is 6.20 Å². The van der Waals surface area contributed by atoms with Gasteiger partial charge in [0.1, 0.15) is 0 Å². The van der Waals surface area contributed by atoms with E-state index in [1.807, 2.05) is 0 Å². The summed E-state index contributed by atoms with van der Waals surface area (Å²) in [6.07, 6.45) is 7.96. The van der Waals surface area contributed by atoms with E-state index in [0.29, 0.717) is 17.9 Å². The molecule has 0 spiro atoms. The molecule has 1 heterocycles. The van der Waals surface area contributed by atoms with Crippen LogP contribution in [0.5, 0.6) is 0 Å². The molecule has 0 amide bonds. The van der Waals surface area contributed by atoms with Crippen molar-refractivity contribution in [2.24, 2.45) is 0 Å². The van der Waals surface area contributed by atoms with Gasteiger partial charge in [-0.2, -0.15) is 0 Å². The normalized spacial score (nSPS) is 12.2. The average Bonchev–Trinajstić information content (AvgIpc) is 2.97. The van der Waals surface area contributed by atoms with Crippen molar-refractivity contribution in [2.75, 3.05) is 0 Å². The van der Waals surface area contributed by atoms with Crippen LogP contribution < -0.4 is 0 Å². The lowest BCUT2D eigenvalue weighted by Gasteiger charge is -2.07. The SMILES string of the molecule is CC(CCCCCc1ccccc1)c1ncc(C=O)o1. The van der Waals surface area contributed by atoms with Gasteiger partial charge < -0.3 is 4.42 Å². The summed E-state index contributed by atoms with van der Waals surface area (Å²) in [5.41, 5.74) is 1.41. The van der Waals surface area contributed by atoms with E-state index >= 15 is 0 Å². The van der Waals surface area contributed by atoms with E-state index in [0.717, 1.165) is 19.3 Å². The van der Waals surface area contributed by atoms with E-state index in [1.54, 1.807) is 0 Å². The molecule has 0 aliphatic rings. The third-order valence-corrected chi connectivity index (χ3v) is 3.52. The van der Waals surface area contributed by atoms with Gasteiger partial charge in [-0.05, 0) is 24.8 Å². The molecule has 1 atom stereocenters. The number of aromatic nitrogens is 1. The van der Waals surface area contributed by atoms with Crippen molar-refractivity contribution < 1.29 is 9.21 Å². The predicted molar refractivity (Wildman–Crippen MR) is 78.9 cm³/mol. The minimum absolute atomic E-state index is 0.278. The maximum atomic E-state index is 10.5. The van der Waals surface area contributed by atoms with E-state index in [1.165, 1.54) is 24.6 Å². The summed E-state index contributed by atoms with van der Waals surface area (Å²) < 4.78 is 5.34. The van der Waals surface area contributed by atoms with E-state index in [-0.39, 0.29) is 5.92 Å². The first-order valence-corrected chi connectivity index (χ1v) is 7.24. The summed E-state index contributed by atoms with van der Waals surface area (Å²) in [6, 6.07) is 10.6. The zero-order chi connectivity index (χ0) is 14.2. The predicted octanol–water partition coefficient (Wildman–Crippen LogP) is 4.39. The summed E-state index contributed by atoms with van der Waals surface area (Å²) in [5, 5.41) is 0. The molecule has 3 nitrogen and oxygen atoms in total. The number of rotatable bonds is 8. The van der Waals surface area contributed by atoms with Gasteiger partial charge in [-0.25, -0.2) is 4.98 Å². The highest BCUT2D eigenvalue weighted by Gasteiger charge is 2.11. The fourth-order valence-electron chi connectivity index (χ4n) is 2.31. The summed E-state index contributed by atoms with van der Waals surface area (Å²) >= 11 is 0. The number of hydrogen-bond acceptors (Lipinski definition) is 3. The molecular weight excluding hydrogens is 250 g/mol. The highest BCUT2D eigenvalue weighted by atomic mass is 16.4. The fraction of sp³-hybridized carbons (Fsp3) is 0.412. The molecule has 0 fully saturated rings. The third-order valence-electron chi connectivity index (χ3n) is 3.52. The van der Waals surface area contributed by atoms with Crippen molar-refractivity contribution in [3.8, 4) is 0 Å². The maximum absolute atomic E-state index is 10.5. The van der Waals surface area contributed by atoms with Gasteiger partial charge in [0.25, 0.3) is 0 Å². The monoisotopic (exact) mass is 271 g/mol. The molecule has 0 saturated carbocycles. The molecule has 2 rings (SSSR count). The van der Waals surface area contributed by atoms with Gasteiger partial charge in [0, 0.05) is 5.92 Å². The smallest absolute Gasteiger partial charge is 0.197 e. The number of unbranched alkanes of at least 4 members (excludes halogenated alkanes) is 2. The lowest BCUT2D eigenvalue weighted by Crippen LogP contribution is -1.94. The van der Waals surface area contributed by atoms with Gasteiger partial charge in [0.15, 0.2) is 17.9 Å². The number of benzene rings is 1. The zero-order valence-corrected chi connectivity index (χ0v) is 11.9. The second-order valence-electron chi connectivity index (χ2n) is 5.20. The molecule has 1 aromatic heterocycles. The number of aryl methyl sites for hydroxylation is 1.